The van der Waals surface area contributed by atoms with Gasteiger partial charge in [0.25, 0.3) is 5.91 Å². The van der Waals surface area contributed by atoms with Crippen molar-refractivity contribution < 1.29 is 18.1 Å². The van der Waals surface area contributed by atoms with Gasteiger partial charge in [-0.25, -0.2) is 8.42 Å². The molecule has 2 aliphatic rings. The van der Waals surface area contributed by atoms with Crippen LogP contribution in [-0.4, -0.2) is 68.8 Å². The second kappa shape index (κ2) is 8.99. The maximum Gasteiger partial charge on any atom is 0.277 e. The summed E-state index contributed by atoms with van der Waals surface area (Å²) >= 11 is 0. The molecule has 6 nitrogen and oxygen atoms in total. The van der Waals surface area contributed by atoms with Crippen LogP contribution in [0, 0.1) is 0 Å². The Hall–Kier alpha value is -1.70. The Labute approximate surface area is 162 Å². The van der Waals surface area contributed by atoms with Gasteiger partial charge in [-0.15, -0.1) is 0 Å². The van der Waals surface area contributed by atoms with Crippen molar-refractivity contribution in [1.29, 1.82) is 0 Å². The number of nitrogens with zero attached hydrogens (tertiary/aromatic N) is 2. The highest BCUT2D eigenvalue weighted by Gasteiger charge is 2.30. The van der Waals surface area contributed by atoms with Gasteiger partial charge in [-0.1, -0.05) is 30.3 Å². The lowest BCUT2D eigenvalue weighted by atomic mass is 10.0. The molecule has 2 atom stereocenters. The van der Waals surface area contributed by atoms with E-state index in [0.717, 1.165) is 12.1 Å². The van der Waals surface area contributed by atoms with Crippen LogP contribution in [0.4, 0.5) is 0 Å². The standard InChI is InChI=1S/C20H29N3O3S/c1-18-7-5-6-11-22(18)17-20(24)21-12-14-23(15-13-21)27(25,26)16-10-19-8-3-2-4-9-19/h2-4,8-10,16,18H,5-7,11-15,17H2,1H3/p+1/b16-10+/t18-/m1/s1. The first-order valence-corrected chi connectivity index (χ1v) is 11.3. The van der Waals surface area contributed by atoms with Gasteiger partial charge in [0, 0.05) is 31.6 Å². The van der Waals surface area contributed by atoms with E-state index in [1.54, 1.807) is 6.08 Å². The van der Waals surface area contributed by atoms with Gasteiger partial charge in [0.15, 0.2) is 6.54 Å². The number of nitrogens with one attached hydrogen (secondary N) is 1. The Kier molecular flexibility index (Phi) is 6.68. The van der Waals surface area contributed by atoms with Crippen molar-refractivity contribution in [2.45, 2.75) is 32.2 Å². The minimum atomic E-state index is -3.46. The van der Waals surface area contributed by atoms with E-state index >= 15 is 0 Å². The van der Waals surface area contributed by atoms with E-state index in [1.807, 2.05) is 35.2 Å². The Morgan fingerprint density at radius 1 is 1.15 bits per heavy atom. The molecule has 1 amide bonds. The number of hydrogen-bond donors (Lipinski definition) is 1. The number of carbonyl (C=O) groups is 1. The number of carbonyl (C=O) groups excluding carboxylic acids is 1. The summed E-state index contributed by atoms with van der Waals surface area (Å²) in [4.78, 5) is 15.8. The molecule has 0 aromatic heterocycles. The Bertz CT molecular complexity index is 756. The van der Waals surface area contributed by atoms with Crippen LogP contribution in [0.3, 0.4) is 0 Å². The van der Waals surface area contributed by atoms with Crippen LogP contribution in [0.2, 0.25) is 0 Å². The zero-order chi connectivity index (χ0) is 19.3. The molecule has 148 valence electrons. The van der Waals surface area contributed by atoms with Gasteiger partial charge in [-0.3, -0.25) is 4.79 Å². The van der Waals surface area contributed by atoms with E-state index in [2.05, 4.69) is 6.92 Å². The number of piperazine rings is 1. The van der Waals surface area contributed by atoms with Gasteiger partial charge in [-0.05, 0) is 37.8 Å². The molecular weight excluding hydrogens is 362 g/mol. The average Bonchev–Trinajstić information content (AvgIpc) is 2.69. The molecule has 1 aromatic carbocycles. The van der Waals surface area contributed by atoms with Crippen LogP contribution in [0.25, 0.3) is 6.08 Å². The van der Waals surface area contributed by atoms with E-state index in [9.17, 15) is 13.2 Å². The number of quaternary nitrogens is 1. The lowest BCUT2D eigenvalue weighted by Gasteiger charge is -2.35. The normalized spacial score (nSPS) is 25.0. The van der Waals surface area contributed by atoms with E-state index in [0.29, 0.717) is 38.8 Å². The smallest absolute Gasteiger partial charge is 0.277 e. The molecule has 2 fully saturated rings. The van der Waals surface area contributed by atoms with Gasteiger partial charge in [0.05, 0.1) is 12.6 Å². The summed E-state index contributed by atoms with van der Waals surface area (Å²) in [6.45, 7) is 5.46. The Morgan fingerprint density at radius 2 is 1.85 bits per heavy atom. The summed E-state index contributed by atoms with van der Waals surface area (Å²) in [7, 11) is -3.46. The first-order valence-electron chi connectivity index (χ1n) is 9.81. The number of hydrogen-bond acceptors (Lipinski definition) is 3. The number of amides is 1. The summed E-state index contributed by atoms with van der Waals surface area (Å²) in [5, 5.41) is 1.26. The van der Waals surface area contributed by atoms with Gasteiger partial charge in [0.1, 0.15) is 0 Å². The van der Waals surface area contributed by atoms with Gasteiger partial charge in [-0.2, -0.15) is 4.31 Å². The molecule has 2 aliphatic heterocycles. The first-order chi connectivity index (χ1) is 13.0. The molecule has 0 spiro atoms. The maximum absolute atomic E-state index is 12.6. The average molecular weight is 393 g/mol. The highest BCUT2D eigenvalue weighted by Crippen LogP contribution is 2.12. The number of likely N-dealkylation sites (tertiary alicyclic amines) is 1. The van der Waals surface area contributed by atoms with Crippen molar-refractivity contribution in [1.82, 2.24) is 9.21 Å². The molecule has 0 aliphatic carbocycles. The van der Waals surface area contributed by atoms with Crippen molar-refractivity contribution in [3.8, 4) is 0 Å². The van der Waals surface area contributed by atoms with Gasteiger partial charge >= 0.3 is 0 Å². The highest BCUT2D eigenvalue weighted by molar-refractivity contribution is 7.92. The summed E-state index contributed by atoms with van der Waals surface area (Å²) in [6.07, 6.45) is 5.25. The molecule has 27 heavy (non-hydrogen) atoms. The third-order valence-corrected chi connectivity index (χ3v) is 7.21. The van der Waals surface area contributed by atoms with Crippen molar-refractivity contribution >= 4 is 22.0 Å². The zero-order valence-corrected chi connectivity index (χ0v) is 16.8. The van der Waals surface area contributed by atoms with Crippen LogP contribution >= 0.6 is 0 Å². The molecule has 0 bridgehead atoms. The largest absolute Gasteiger partial charge is 0.335 e. The van der Waals surface area contributed by atoms with Crippen LogP contribution in [0.15, 0.2) is 35.7 Å². The summed E-state index contributed by atoms with van der Waals surface area (Å²) in [5.74, 6) is 0.149. The van der Waals surface area contributed by atoms with Crippen LogP contribution in [-0.2, 0) is 14.8 Å². The molecular formula is C20H30N3O3S+. The molecule has 0 radical (unpaired) electrons. The number of piperidine rings is 1. The van der Waals surface area contributed by atoms with E-state index in [4.69, 9.17) is 0 Å². The predicted octanol–water partition coefficient (Wildman–Crippen LogP) is 0.589. The predicted molar refractivity (Wildman–Crippen MR) is 107 cm³/mol. The first kappa shape index (κ1) is 20.0. The molecule has 1 aromatic rings. The van der Waals surface area contributed by atoms with Crippen molar-refractivity contribution in [2.24, 2.45) is 0 Å². The maximum atomic E-state index is 12.6. The van der Waals surface area contributed by atoms with E-state index < -0.39 is 10.0 Å². The molecule has 3 rings (SSSR count). The SMILES string of the molecule is C[C@@H]1CCCC[NH+]1CC(=O)N1CCN(S(=O)(=O)/C=C/c2ccccc2)CC1. The molecule has 2 saturated heterocycles. The van der Waals surface area contributed by atoms with Crippen LogP contribution < -0.4 is 4.90 Å². The molecule has 7 heteroatoms. The summed E-state index contributed by atoms with van der Waals surface area (Å²) < 4.78 is 26.5. The molecule has 0 saturated carbocycles. The highest BCUT2D eigenvalue weighted by atomic mass is 32.2. The topological polar surface area (TPSA) is 62.1 Å². The second-order valence-corrected chi connectivity index (χ2v) is 9.34. The summed E-state index contributed by atoms with van der Waals surface area (Å²) in [6, 6.07) is 9.92. The van der Waals surface area contributed by atoms with Crippen LogP contribution in [0.5, 0.6) is 0 Å². The monoisotopic (exact) mass is 392 g/mol. The fourth-order valence-electron chi connectivity index (χ4n) is 3.83. The van der Waals surface area contributed by atoms with Crippen molar-refractivity contribution in [3.05, 3.63) is 41.3 Å². The number of benzene rings is 1. The second-order valence-electron chi connectivity index (χ2n) is 7.52. The zero-order valence-electron chi connectivity index (χ0n) is 16.0. The number of rotatable bonds is 5. The van der Waals surface area contributed by atoms with Gasteiger partial charge < -0.3 is 9.80 Å². The Morgan fingerprint density at radius 3 is 2.52 bits per heavy atom. The minimum absolute atomic E-state index is 0.149. The summed E-state index contributed by atoms with van der Waals surface area (Å²) in [5.41, 5.74) is 0.855. The molecule has 1 unspecified atom stereocenters. The van der Waals surface area contributed by atoms with Gasteiger partial charge in [0.2, 0.25) is 10.0 Å². The fraction of sp³-hybridized carbons (Fsp3) is 0.550. The lowest BCUT2D eigenvalue weighted by molar-refractivity contribution is -0.921. The number of sulfonamides is 1. The van der Waals surface area contributed by atoms with E-state index in [-0.39, 0.29) is 5.91 Å². The fourth-order valence-corrected chi connectivity index (χ4v) is 5.00. The van der Waals surface area contributed by atoms with E-state index in [1.165, 1.54) is 33.9 Å². The minimum Gasteiger partial charge on any atom is -0.335 e. The Balaban J connectivity index is 1.51. The molecule has 1 N–H and O–H groups in total. The lowest BCUT2D eigenvalue weighted by Crippen LogP contribution is -3.17. The third kappa shape index (κ3) is 5.40. The van der Waals surface area contributed by atoms with Crippen molar-refractivity contribution in [2.75, 3.05) is 39.3 Å². The third-order valence-electron chi connectivity index (χ3n) is 5.64. The van der Waals surface area contributed by atoms with Crippen LogP contribution in [0.1, 0.15) is 31.7 Å². The molecule has 2 heterocycles. The van der Waals surface area contributed by atoms with Crippen molar-refractivity contribution in [3.63, 3.8) is 0 Å². The quantitative estimate of drug-likeness (QED) is 0.798.